The predicted octanol–water partition coefficient (Wildman–Crippen LogP) is 2.39. The van der Waals surface area contributed by atoms with Crippen LogP contribution in [0.2, 0.25) is 0 Å². The summed E-state index contributed by atoms with van der Waals surface area (Å²) < 4.78 is 10.6. The lowest BCUT2D eigenvalue weighted by atomic mass is 10.1. The molecule has 0 fully saturated rings. The molecule has 1 amide bonds. The van der Waals surface area contributed by atoms with Crippen LogP contribution < -0.4 is 0 Å². The highest BCUT2D eigenvalue weighted by atomic mass is 16.4. The van der Waals surface area contributed by atoms with Crippen molar-refractivity contribution in [3.63, 3.8) is 0 Å². The summed E-state index contributed by atoms with van der Waals surface area (Å²) in [6.45, 7) is 3.85. The minimum absolute atomic E-state index is 0.174. The largest absolute Gasteiger partial charge is 0.481 e. The van der Waals surface area contributed by atoms with E-state index >= 15 is 0 Å². The number of nitrogens with zero attached hydrogens (tertiary/aromatic N) is 1. The lowest BCUT2D eigenvalue weighted by molar-refractivity contribution is -0.136. The Balaban J connectivity index is 2.19. The van der Waals surface area contributed by atoms with Crippen molar-refractivity contribution >= 4 is 11.9 Å². The van der Waals surface area contributed by atoms with E-state index in [0.717, 1.165) is 5.76 Å². The summed E-state index contributed by atoms with van der Waals surface area (Å²) in [6.07, 6.45) is 1.08. The van der Waals surface area contributed by atoms with Gasteiger partial charge in [0.15, 0.2) is 0 Å². The van der Waals surface area contributed by atoms with Crippen molar-refractivity contribution in [2.45, 2.75) is 26.8 Å². The molecule has 0 spiro atoms. The zero-order valence-electron chi connectivity index (χ0n) is 12.2. The molecule has 112 valence electrons. The Hall–Kier alpha value is -2.50. The highest BCUT2D eigenvalue weighted by Gasteiger charge is 2.23. The number of aliphatic carboxylic acids is 1. The average molecular weight is 291 g/mol. The predicted molar refractivity (Wildman–Crippen MR) is 74.0 cm³/mol. The van der Waals surface area contributed by atoms with Gasteiger partial charge in [-0.3, -0.25) is 9.59 Å². The number of hydrogen-bond donors (Lipinski definition) is 1. The first-order chi connectivity index (χ1) is 9.88. The molecule has 21 heavy (non-hydrogen) atoms. The fourth-order valence-corrected chi connectivity index (χ4v) is 2.12. The summed E-state index contributed by atoms with van der Waals surface area (Å²) in [5.74, 6) is 0.294. The van der Waals surface area contributed by atoms with E-state index in [4.69, 9.17) is 13.9 Å². The number of carboxylic acids is 1. The molecule has 0 aromatic carbocycles. The van der Waals surface area contributed by atoms with Crippen molar-refractivity contribution in [1.29, 1.82) is 0 Å². The molecule has 0 atom stereocenters. The molecule has 0 unspecified atom stereocenters. The molecule has 2 heterocycles. The van der Waals surface area contributed by atoms with Crippen molar-refractivity contribution < 1.29 is 23.5 Å². The van der Waals surface area contributed by atoms with Crippen LogP contribution in [0, 0.1) is 13.8 Å². The Labute approximate surface area is 122 Å². The summed E-state index contributed by atoms with van der Waals surface area (Å²) in [6, 6.07) is 3.63. The Bertz CT molecular complexity index is 667. The number of furan rings is 2. The Morgan fingerprint density at radius 3 is 2.57 bits per heavy atom. The molecule has 0 radical (unpaired) electrons. The van der Waals surface area contributed by atoms with Crippen molar-refractivity contribution in [3.8, 4) is 0 Å². The molecule has 0 aliphatic heterocycles. The number of hydrogen-bond acceptors (Lipinski definition) is 4. The van der Waals surface area contributed by atoms with E-state index in [1.807, 2.05) is 13.0 Å². The maximum Gasteiger partial charge on any atom is 0.311 e. The number of rotatable bonds is 5. The van der Waals surface area contributed by atoms with Crippen molar-refractivity contribution in [1.82, 2.24) is 4.90 Å². The zero-order chi connectivity index (χ0) is 15.6. The average Bonchev–Trinajstić information content (AvgIpc) is 2.95. The first-order valence-electron chi connectivity index (χ1n) is 6.48. The van der Waals surface area contributed by atoms with Gasteiger partial charge in [-0.15, -0.1) is 0 Å². The van der Waals surface area contributed by atoms with Gasteiger partial charge in [-0.25, -0.2) is 0 Å². The fraction of sp³-hybridized carbons (Fsp3) is 0.333. The first kappa shape index (κ1) is 14.9. The van der Waals surface area contributed by atoms with Gasteiger partial charge < -0.3 is 18.8 Å². The van der Waals surface area contributed by atoms with Gasteiger partial charge in [0.1, 0.15) is 23.7 Å². The third-order valence-corrected chi connectivity index (χ3v) is 3.11. The molecule has 2 aromatic rings. The minimum atomic E-state index is -1.04. The second-order valence-corrected chi connectivity index (χ2v) is 4.96. The zero-order valence-corrected chi connectivity index (χ0v) is 12.2. The summed E-state index contributed by atoms with van der Waals surface area (Å²) in [5.41, 5.74) is 0.932. The Morgan fingerprint density at radius 2 is 2.00 bits per heavy atom. The van der Waals surface area contributed by atoms with Gasteiger partial charge in [0.05, 0.1) is 18.4 Å². The van der Waals surface area contributed by atoms with Crippen LogP contribution in [-0.4, -0.2) is 28.9 Å². The maximum atomic E-state index is 12.5. The second kappa shape index (κ2) is 5.87. The molecule has 0 aliphatic rings. The number of carbonyl (C=O) groups excluding carboxylic acids is 1. The summed E-state index contributed by atoms with van der Waals surface area (Å²) in [4.78, 5) is 24.8. The monoisotopic (exact) mass is 291 g/mol. The van der Waals surface area contributed by atoms with Gasteiger partial charge in [-0.05, 0) is 26.0 Å². The molecular formula is C15H17NO5. The maximum absolute atomic E-state index is 12.5. The van der Waals surface area contributed by atoms with Crippen LogP contribution in [-0.2, 0) is 17.8 Å². The van der Waals surface area contributed by atoms with Gasteiger partial charge in [0, 0.05) is 12.6 Å². The van der Waals surface area contributed by atoms with Crippen molar-refractivity contribution in [2.75, 3.05) is 7.05 Å². The van der Waals surface area contributed by atoms with E-state index in [2.05, 4.69) is 0 Å². The highest BCUT2D eigenvalue weighted by Crippen LogP contribution is 2.20. The number of amides is 1. The van der Waals surface area contributed by atoms with Crippen LogP contribution in [0.25, 0.3) is 0 Å². The van der Waals surface area contributed by atoms with E-state index in [1.54, 1.807) is 20.0 Å². The third-order valence-electron chi connectivity index (χ3n) is 3.11. The smallest absolute Gasteiger partial charge is 0.311 e. The van der Waals surface area contributed by atoms with Crippen LogP contribution in [0.4, 0.5) is 0 Å². The molecule has 2 rings (SSSR count). The van der Waals surface area contributed by atoms with Gasteiger partial charge in [0.25, 0.3) is 5.91 Å². The van der Waals surface area contributed by atoms with Gasteiger partial charge >= 0.3 is 5.97 Å². The molecule has 6 heteroatoms. The third kappa shape index (κ3) is 3.34. The molecule has 6 nitrogen and oxygen atoms in total. The standard InChI is InChI=1S/C15H17NO5/c1-9-8-20-12(6-13(17)18)14(9)15(19)16(3)7-11-5-4-10(2)21-11/h4-5,8H,6-7H2,1-3H3,(H,17,18). The van der Waals surface area contributed by atoms with Crippen LogP contribution in [0.1, 0.15) is 33.2 Å². The molecule has 0 saturated heterocycles. The number of carbonyl (C=O) groups is 2. The molecule has 2 aromatic heterocycles. The molecule has 0 aliphatic carbocycles. The summed E-state index contributed by atoms with van der Waals surface area (Å²) in [7, 11) is 1.64. The highest BCUT2D eigenvalue weighted by molar-refractivity contribution is 5.97. The van der Waals surface area contributed by atoms with Gasteiger partial charge in [-0.2, -0.15) is 0 Å². The van der Waals surface area contributed by atoms with E-state index in [1.165, 1.54) is 11.2 Å². The number of carboxylic acid groups (broad SMARTS) is 1. The van der Waals surface area contributed by atoms with Crippen LogP contribution in [0.15, 0.2) is 27.2 Å². The first-order valence-corrected chi connectivity index (χ1v) is 6.48. The van der Waals surface area contributed by atoms with Gasteiger partial charge in [0.2, 0.25) is 0 Å². The second-order valence-electron chi connectivity index (χ2n) is 4.96. The lowest BCUT2D eigenvalue weighted by Crippen LogP contribution is -2.27. The van der Waals surface area contributed by atoms with E-state index < -0.39 is 5.97 Å². The Kier molecular flexibility index (Phi) is 4.16. The molecule has 0 saturated carbocycles. The summed E-state index contributed by atoms with van der Waals surface area (Å²) >= 11 is 0. The fourth-order valence-electron chi connectivity index (χ4n) is 2.12. The summed E-state index contributed by atoms with van der Waals surface area (Å²) in [5, 5.41) is 8.86. The van der Waals surface area contributed by atoms with Crippen molar-refractivity contribution in [3.05, 3.63) is 46.8 Å². The Morgan fingerprint density at radius 1 is 1.29 bits per heavy atom. The molecule has 1 N–H and O–H groups in total. The van der Waals surface area contributed by atoms with Crippen LogP contribution >= 0.6 is 0 Å². The van der Waals surface area contributed by atoms with Crippen LogP contribution in [0.3, 0.4) is 0 Å². The molecule has 0 bridgehead atoms. The number of aryl methyl sites for hydroxylation is 2. The van der Waals surface area contributed by atoms with E-state index in [9.17, 15) is 9.59 Å². The quantitative estimate of drug-likeness (QED) is 0.914. The van der Waals surface area contributed by atoms with Gasteiger partial charge in [-0.1, -0.05) is 0 Å². The minimum Gasteiger partial charge on any atom is -0.481 e. The topological polar surface area (TPSA) is 83.9 Å². The van der Waals surface area contributed by atoms with Crippen molar-refractivity contribution in [2.24, 2.45) is 0 Å². The SMILES string of the molecule is Cc1ccc(CN(C)C(=O)c2c(C)coc2CC(=O)O)o1. The molecular weight excluding hydrogens is 274 g/mol. The normalized spacial score (nSPS) is 10.6. The van der Waals surface area contributed by atoms with E-state index in [0.29, 0.717) is 23.4 Å². The van der Waals surface area contributed by atoms with E-state index in [-0.39, 0.29) is 18.1 Å². The lowest BCUT2D eigenvalue weighted by Gasteiger charge is -2.16. The van der Waals surface area contributed by atoms with Crippen LogP contribution in [0.5, 0.6) is 0 Å².